The summed E-state index contributed by atoms with van der Waals surface area (Å²) < 4.78 is 0. The fourth-order valence-electron chi connectivity index (χ4n) is 3.11. The largest absolute Gasteiger partial charge is 0.394 e. The van der Waals surface area contributed by atoms with Crippen molar-refractivity contribution in [1.29, 1.82) is 0 Å². The zero-order valence-corrected chi connectivity index (χ0v) is 16.1. The van der Waals surface area contributed by atoms with Crippen LogP contribution in [0.2, 0.25) is 0 Å². The summed E-state index contributed by atoms with van der Waals surface area (Å²) in [5.74, 6) is 0.926. The zero-order valence-electron chi connectivity index (χ0n) is 16.1. The van der Waals surface area contributed by atoms with E-state index < -0.39 is 6.10 Å². The Morgan fingerprint density at radius 2 is 0.957 bits per heavy atom. The molecule has 0 unspecified atom stereocenters. The molecule has 2 nitrogen and oxygen atoms in total. The highest BCUT2D eigenvalue weighted by atomic mass is 16.3. The monoisotopic (exact) mass is 328 g/mol. The molecular formula is C21H44O2. The Morgan fingerprint density at radius 3 is 1.30 bits per heavy atom. The second kappa shape index (κ2) is 18.3. The molecule has 0 fully saturated rings. The van der Waals surface area contributed by atoms with E-state index in [2.05, 4.69) is 13.8 Å². The Labute approximate surface area is 146 Å². The van der Waals surface area contributed by atoms with Crippen molar-refractivity contribution in [3.63, 3.8) is 0 Å². The van der Waals surface area contributed by atoms with Crippen LogP contribution >= 0.6 is 0 Å². The average molecular weight is 329 g/mol. The van der Waals surface area contributed by atoms with Crippen molar-refractivity contribution in [2.75, 3.05) is 6.61 Å². The van der Waals surface area contributed by atoms with Gasteiger partial charge in [0, 0.05) is 0 Å². The lowest BCUT2D eigenvalue weighted by Gasteiger charge is -2.07. The molecule has 2 N–H and O–H groups in total. The smallest absolute Gasteiger partial charge is 0.0770 e. The Kier molecular flexibility index (Phi) is 18.2. The quantitative estimate of drug-likeness (QED) is 0.292. The van der Waals surface area contributed by atoms with Crippen LogP contribution in [0.5, 0.6) is 0 Å². The Balaban J connectivity index is 3.03. The molecule has 0 aromatic rings. The predicted octanol–water partition coefficient (Wildman–Crippen LogP) is 6.24. The SMILES string of the molecule is CC[C@H](C)CCCCCCCCCCCCCCC[C@H](O)CO. The third kappa shape index (κ3) is 18.1. The van der Waals surface area contributed by atoms with Gasteiger partial charge in [-0.05, 0) is 12.3 Å². The fourth-order valence-corrected chi connectivity index (χ4v) is 3.11. The van der Waals surface area contributed by atoms with Crippen LogP contribution in [0.1, 0.15) is 117 Å². The normalized spacial score (nSPS) is 14.1. The molecule has 0 rings (SSSR count). The van der Waals surface area contributed by atoms with E-state index in [1.807, 2.05) is 0 Å². The molecule has 0 aliphatic heterocycles. The first-order chi connectivity index (χ1) is 11.2. The van der Waals surface area contributed by atoms with Gasteiger partial charge in [-0.3, -0.25) is 0 Å². The summed E-state index contributed by atoms with van der Waals surface area (Å²) in [4.78, 5) is 0. The van der Waals surface area contributed by atoms with E-state index in [0.29, 0.717) is 0 Å². The Hall–Kier alpha value is -0.0800. The minimum atomic E-state index is -0.495. The second-order valence-electron chi connectivity index (χ2n) is 7.52. The third-order valence-corrected chi connectivity index (χ3v) is 5.14. The van der Waals surface area contributed by atoms with Gasteiger partial charge >= 0.3 is 0 Å². The number of hydrogen-bond acceptors (Lipinski definition) is 2. The molecule has 2 atom stereocenters. The molecule has 0 amide bonds. The van der Waals surface area contributed by atoms with E-state index in [-0.39, 0.29) is 6.61 Å². The van der Waals surface area contributed by atoms with Crippen molar-refractivity contribution < 1.29 is 10.2 Å². The third-order valence-electron chi connectivity index (χ3n) is 5.14. The van der Waals surface area contributed by atoms with E-state index in [0.717, 1.165) is 18.8 Å². The van der Waals surface area contributed by atoms with E-state index in [4.69, 9.17) is 5.11 Å². The summed E-state index contributed by atoms with van der Waals surface area (Å²) >= 11 is 0. The molecule has 0 bridgehead atoms. The van der Waals surface area contributed by atoms with Gasteiger partial charge in [-0.25, -0.2) is 0 Å². The van der Waals surface area contributed by atoms with Gasteiger partial charge in [0.1, 0.15) is 0 Å². The van der Waals surface area contributed by atoms with Gasteiger partial charge in [-0.15, -0.1) is 0 Å². The maximum atomic E-state index is 9.23. The molecule has 140 valence electrons. The number of unbranched alkanes of at least 4 members (excludes halogenated alkanes) is 12. The van der Waals surface area contributed by atoms with Gasteiger partial charge in [0.25, 0.3) is 0 Å². The Morgan fingerprint density at radius 1 is 0.609 bits per heavy atom. The average Bonchev–Trinajstić information content (AvgIpc) is 2.57. The maximum absolute atomic E-state index is 9.23. The van der Waals surface area contributed by atoms with Gasteiger partial charge < -0.3 is 10.2 Å². The highest BCUT2D eigenvalue weighted by Crippen LogP contribution is 2.16. The first-order valence-corrected chi connectivity index (χ1v) is 10.5. The van der Waals surface area contributed by atoms with Crippen molar-refractivity contribution in [3.05, 3.63) is 0 Å². The molecule has 0 aliphatic carbocycles. The number of aliphatic hydroxyl groups is 2. The number of rotatable bonds is 18. The van der Waals surface area contributed by atoms with Crippen LogP contribution in [0.15, 0.2) is 0 Å². The van der Waals surface area contributed by atoms with Gasteiger partial charge in [-0.1, -0.05) is 110 Å². The predicted molar refractivity (Wildman–Crippen MR) is 102 cm³/mol. The van der Waals surface area contributed by atoms with Crippen LogP contribution < -0.4 is 0 Å². The van der Waals surface area contributed by atoms with Crippen LogP contribution in [0.4, 0.5) is 0 Å². The molecule has 0 saturated heterocycles. The molecule has 0 aliphatic rings. The fraction of sp³-hybridized carbons (Fsp3) is 1.00. The van der Waals surface area contributed by atoms with Crippen molar-refractivity contribution >= 4 is 0 Å². The Bertz CT molecular complexity index is 196. The van der Waals surface area contributed by atoms with Crippen LogP contribution in [0, 0.1) is 5.92 Å². The lowest BCUT2D eigenvalue weighted by molar-refractivity contribution is 0.0860. The van der Waals surface area contributed by atoms with Crippen molar-refractivity contribution in [1.82, 2.24) is 0 Å². The van der Waals surface area contributed by atoms with Crippen molar-refractivity contribution in [3.8, 4) is 0 Å². The van der Waals surface area contributed by atoms with E-state index in [1.165, 1.54) is 89.9 Å². The van der Waals surface area contributed by atoms with Crippen LogP contribution in [0.3, 0.4) is 0 Å². The first kappa shape index (κ1) is 22.9. The van der Waals surface area contributed by atoms with Crippen LogP contribution in [-0.2, 0) is 0 Å². The molecule has 23 heavy (non-hydrogen) atoms. The topological polar surface area (TPSA) is 40.5 Å². The number of aliphatic hydroxyl groups excluding tert-OH is 2. The lowest BCUT2D eigenvalue weighted by atomic mass is 9.99. The summed E-state index contributed by atoms with van der Waals surface area (Å²) in [6, 6.07) is 0. The second-order valence-corrected chi connectivity index (χ2v) is 7.52. The molecule has 2 heteroatoms. The van der Waals surface area contributed by atoms with Crippen molar-refractivity contribution in [2.45, 2.75) is 123 Å². The summed E-state index contributed by atoms with van der Waals surface area (Å²) in [6.07, 6.45) is 20.7. The molecule has 0 heterocycles. The highest BCUT2D eigenvalue weighted by Gasteiger charge is 2.01. The molecule has 0 radical (unpaired) electrons. The van der Waals surface area contributed by atoms with Gasteiger partial charge in [0.15, 0.2) is 0 Å². The zero-order chi connectivity index (χ0) is 17.2. The van der Waals surface area contributed by atoms with Gasteiger partial charge in [-0.2, -0.15) is 0 Å². The minimum Gasteiger partial charge on any atom is -0.394 e. The standard InChI is InChI=1S/C21H44O2/c1-3-20(2)17-15-13-11-9-7-5-4-6-8-10-12-14-16-18-21(23)19-22/h20-23H,3-19H2,1-2H3/t20-,21-/m0/s1. The summed E-state index contributed by atoms with van der Waals surface area (Å²) in [6.45, 7) is 4.59. The van der Waals surface area contributed by atoms with Crippen LogP contribution in [0.25, 0.3) is 0 Å². The molecule has 0 saturated carbocycles. The molecular weight excluding hydrogens is 284 g/mol. The van der Waals surface area contributed by atoms with E-state index >= 15 is 0 Å². The van der Waals surface area contributed by atoms with E-state index in [1.54, 1.807) is 0 Å². The van der Waals surface area contributed by atoms with Crippen molar-refractivity contribution in [2.24, 2.45) is 5.92 Å². The lowest BCUT2D eigenvalue weighted by Crippen LogP contribution is -2.10. The maximum Gasteiger partial charge on any atom is 0.0770 e. The summed E-state index contributed by atoms with van der Waals surface area (Å²) in [5, 5.41) is 18.0. The summed E-state index contributed by atoms with van der Waals surface area (Å²) in [5.41, 5.74) is 0. The molecule has 0 spiro atoms. The number of hydrogen-bond donors (Lipinski definition) is 2. The molecule has 0 aromatic carbocycles. The van der Waals surface area contributed by atoms with E-state index in [9.17, 15) is 5.11 Å². The highest BCUT2D eigenvalue weighted by molar-refractivity contribution is 4.54. The minimum absolute atomic E-state index is 0.0855. The van der Waals surface area contributed by atoms with Crippen LogP contribution in [-0.4, -0.2) is 22.9 Å². The van der Waals surface area contributed by atoms with Gasteiger partial charge in [0.2, 0.25) is 0 Å². The molecule has 0 aromatic heterocycles. The first-order valence-electron chi connectivity index (χ1n) is 10.5. The summed E-state index contributed by atoms with van der Waals surface area (Å²) in [7, 11) is 0. The van der Waals surface area contributed by atoms with Gasteiger partial charge in [0.05, 0.1) is 12.7 Å².